The Labute approximate surface area is 216 Å². The molecule has 184 valence electrons. The van der Waals surface area contributed by atoms with Gasteiger partial charge in [0.15, 0.2) is 16.7 Å². The van der Waals surface area contributed by atoms with Crippen molar-refractivity contribution in [1.29, 1.82) is 0 Å². The molecule has 2 rings (SSSR count). The van der Waals surface area contributed by atoms with Gasteiger partial charge in [-0.05, 0) is 18.2 Å². The molecule has 9 nitrogen and oxygen atoms in total. The molecule has 1 atom stereocenters. The van der Waals surface area contributed by atoms with E-state index < -0.39 is 19.1 Å². The van der Waals surface area contributed by atoms with Crippen molar-refractivity contribution in [1.82, 2.24) is 10.3 Å². The first kappa shape index (κ1) is 30.0. The molecule has 0 aliphatic heterocycles. The minimum Gasteiger partial charge on any atom is -0.460 e. The standard InChI is InChI=1S/C11H14ClNO4.C7H7Cl3NO3PS/c1-13-11(14)17-9-6-4-3-5-8(9)16-10(7-12)15-2;1-12-15(16,13-2)14-7-5(9)3-4(8)6(10)11-7/h3-6,10H,7H2,1-2H3,(H,13,14);3H,1-2H3. The number of amides is 1. The zero-order valence-electron chi connectivity index (χ0n) is 17.8. The van der Waals surface area contributed by atoms with E-state index in [0.29, 0.717) is 11.5 Å². The van der Waals surface area contributed by atoms with Crippen molar-refractivity contribution in [3.05, 3.63) is 45.5 Å². The van der Waals surface area contributed by atoms with E-state index in [0.717, 1.165) is 0 Å². The summed E-state index contributed by atoms with van der Waals surface area (Å²) in [4.78, 5) is 14.9. The van der Waals surface area contributed by atoms with Crippen molar-refractivity contribution in [2.45, 2.75) is 6.29 Å². The summed E-state index contributed by atoms with van der Waals surface area (Å²) in [5, 5.41) is 2.82. The van der Waals surface area contributed by atoms with Crippen LogP contribution in [0.2, 0.25) is 15.2 Å². The van der Waals surface area contributed by atoms with Gasteiger partial charge in [0.05, 0.1) is 10.9 Å². The summed E-state index contributed by atoms with van der Waals surface area (Å²) in [6.07, 6.45) is -1.16. The predicted octanol–water partition coefficient (Wildman–Crippen LogP) is 5.93. The van der Waals surface area contributed by atoms with Gasteiger partial charge < -0.3 is 33.1 Å². The molecule has 1 unspecified atom stereocenters. The number of carbonyl (C=O) groups is 1. The smallest absolute Gasteiger partial charge is 0.412 e. The van der Waals surface area contributed by atoms with E-state index in [9.17, 15) is 4.79 Å². The average molecular weight is 582 g/mol. The topological polar surface area (TPSA) is 97.4 Å². The molecule has 1 aromatic heterocycles. The molecule has 15 heteroatoms. The molecule has 0 spiro atoms. The van der Waals surface area contributed by atoms with Gasteiger partial charge in [-0.15, -0.1) is 11.6 Å². The van der Waals surface area contributed by atoms with Crippen LogP contribution in [0.25, 0.3) is 0 Å². The summed E-state index contributed by atoms with van der Waals surface area (Å²) >= 11 is 27.9. The third-order valence-corrected chi connectivity index (χ3v) is 7.01. The lowest BCUT2D eigenvalue weighted by atomic mass is 10.3. The second-order valence-electron chi connectivity index (χ2n) is 5.48. The third-order valence-electron chi connectivity index (χ3n) is 3.40. The third kappa shape index (κ3) is 9.98. The highest BCUT2D eigenvalue weighted by Gasteiger charge is 2.22. The lowest BCUT2D eigenvalue weighted by molar-refractivity contribution is -0.0366. The maximum Gasteiger partial charge on any atom is 0.412 e. The minimum atomic E-state index is -2.88. The number of rotatable bonds is 9. The number of halogens is 4. The monoisotopic (exact) mass is 580 g/mol. The van der Waals surface area contributed by atoms with E-state index in [-0.39, 0.29) is 27.0 Å². The summed E-state index contributed by atoms with van der Waals surface area (Å²) in [5.74, 6) is 0.899. The van der Waals surface area contributed by atoms with Crippen molar-refractivity contribution in [2.75, 3.05) is 34.3 Å². The number of nitrogens with one attached hydrogen (secondary N) is 1. The molecular formula is C18H21Cl4N2O7PS. The average Bonchev–Trinajstić information content (AvgIpc) is 2.82. The Bertz CT molecular complexity index is 961. The van der Waals surface area contributed by atoms with Gasteiger partial charge in [-0.1, -0.05) is 46.9 Å². The lowest BCUT2D eigenvalue weighted by Crippen LogP contribution is -2.24. The van der Waals surface area contributed by atoms with Gasteiger partial charge in [-0.2, -0.15) is 4.98 Å². The van der Waals surface area contributed by atoms with Crippen LogP contribution in [0.3, 0.4) is 0 Å². The van der Waals surface area contributed by atoms with Gasteiger partial charge in [-0.3, -0.25) is 0 Å². The Balaban J connectivity index is 0.000000331. The van der Waals surface area contributed by atoms with Crippen LogP contribution in [0, 0.1) is 0 Å². The van der Waals surface area contributed by atoms with Crippen LogP contribution < -0.4 is 19.3 Å². The molecule has 1 amide bonds. The number of para-hydroxylation sites is 2. The lowest BCUT2D eigenvalue weighted by Gasteiger charge is -2.18. The van der Waals surface area contributed by atoms with Gasteiger partial charge in [0, 0.05) is 40.2 Å². The summed E-state index contributed by atoms with van der Waals surface area (Å²) in [6.45, 7) is -2.88. The number of aromatic nitrogens is 1. The predicted molar refractivity (Wildman–Crippen MR) is 132 cm³/mol. The van der Waals surface area contributed by atoms with Crippen molar-refractivity contribution < 1.29 is 32.6 Å². The Morgan fingerprint density at radius 1 is 1.12 bits per heavy atom. The van der Waals surface area contributed by atoms with E-state index in [2.05, 4.69) is 10.3 Å². The fourth-order valence-electron chi connectivity index (χ4n) is 1.81. The van der Waals surface area contributed by atoms with Gasteiger partial charge in [0.2, 0.25) is 12.2 Å². The normalized spacial score (nSPS) is 11.6. The number of pyridine rings is 1. The Morgan fingerprint density at radius 2 is 1.73 bits per heavy atom. The van der Waals surface area contributed by atoms with Crippen LogP contribution in [0.15, 0.2) is 30.3 Å². The molecule has 0 bridgehead atoms. The number of alkyl halides is 1. The first-order valence-corrected chi connectivity index (χ1v) is 13.0. The summed E-state index contributed by atoms with van der Waals surface area (Å²) in [7, 11) is 5.70. The van der Waals surface area contributed by atoms with Crippen LogP contribution >= 0.6 is 53.1 Å². The minimum absolute atomic E-state index is 0.0306. The quantitative estimate of drug-likeness (QED) is 0.167. The number of methoxy groups -OCH3 is 1. The number of carbonyl (C=O) groups excluding carboxylic acids is 1. The number of benzene rings is 1. The van der Waals surface area contributed by atoms with E-state index in [4.69, 9.17) is 86.0 Å². The largest absolute Gasteiger partial charge is 0.460 e. The van der Waals surface area contributed by atoms with Crippen LogP contribution in [0.1, 0.15) is 0 Å². The molecule has 2 aromatic rings. The fraction of sp³-hybridized carbons (Fsp3) is 0.333. The van der Waals surface area contributed by atoms with Crippen molar-refractivity contribution in [3.8, 4) is 17.4 Å². The van der Waals surface area contributed by atoms with E-state index in [1.165, 1.54) is 34.4 Å². The first-order valence-electron chi connectivity index (χ1n) is 8.79. The van der Waals surface area contributed by atoms with Crippen molar-refractivity contribution in [3.63, 3.8) is 0 Å². The second-order valence-corrected chi connectivity index (χ2v) is 10.1. The number of ether oxygens (including phenoxy) is 3. The molecule has 1 N–H and O–H groups in total. The van der Waals surface area contributed by atoms with Crippen LogP contribution in [0.4, 0.5) is 4.79 Å². The summed E-state index contributed by atoms with van der Waals surface area (Å²) < 4.78 is 30.5. The maximum atomic E-state index is 11.1. The van der Waals surface area contributed by atoms with E-state index >= 15 is 0 Å². The molecule has 0 saturated carbocycles. The Kier molecular flexibility index (Phi) is 13.6. The summed E-state index contributed by atoms with van der Waals surface area (Å²) in [5.41, 5.74) is 0. The molecule has 33 heavy (non-hydrogen) atoms. The van der Waals surface area contributed by atoms with Crippen LogP contribution in [-0.2, 0) is 25.6 Å². The van der Waals surface area contributed by atoms with E-state index in [1.807, 2.05) is 0 Å². The fourth-order valence-corrected chi connectivity index (χ4v) is 3.45. The van der Waals surface area contributed by atoms with Crippen LogP contribution in [-0.4, -0.2) is 51.6 Å². The second kappa shape index (κ2) is 15.0. The first-order chi connectivity index (χ1) is 15.6. The van der Waals surface area contributed by atoms with Crippen molar-refractivity contribution in [2.24, 2.45) is 0 Å². The zero-order chi connectivity index (χ0) is 25.0. The van der Waals surface area contributed by atoms with Crippen molar-refractivity contribution >= 4 is 71.0 Å². The highest BCUT2D eigenvalue weighted by atomic mass is 35.5. The molecule has 0 aliphatic carbocycles. The molecule has 1 aromatic carbocycles. The molecule has 0 aliphatic rings. The Morgan fingerprint density at radius 3 is 2.24 bits per heavy atom. The van der Waals surface area contributed by atoms with E-state index in [1.54, 1.807) is 24.3 Å². The SMILES string of the molecule is CNC(=O)Oc1ccccc1OC(CCl)OC.COP(=S)(OC)Oc1nc(Cl)c(Cl)cc1Cl. The molecule has 0 fully saturated rings. The maximum absolute atomic E-state index is 11.1. The highest BCUT2D eigenvalue weighted by Crippen LogP contribution is 2.49. The van der Waals surface area contributed by atoms with Gasteiger partial charge in [0.1, 0.15) is 5.02 Å². The van der Waals surface area contributed by atoms with Gasteiger partial charge >= 0.3 is 12.8 Å². The van der Waals surface area contributed by atoms with Gasteiger partial charge in [0.25, 0.3) is 0 Å². The molecular weight excluding hydrogens is 561 g/mol. The number of hydrogen-bond donors (Lipinski definition) is 1. The highest BCUT2D eigenvalue weighted by molar-refractivity contribution is 8.07. The van der Waals surface area contributed by atoms with Crippen LogP contribution in [0.5, 0.6) is 17.4 Å². The molecule has 0 radical (unpaired) electrons. The number of nitrogens with zero attached hydrogens (tertiary/aromatic N) is 1. The van der Waals surface area contributed by atoms with Gasteiger partial charge in [-0.25, -0.2) is 4.79 Å². The molecule has 0 saturated heterocycles. The number of hydrogen-bond acceptors (Lipinski definition) is 9. The Hall–Kier alpha value is -1.07. The zero-order valence-corrected chi connectivity index (χ0v) is 22.6. The summed E-state index contributed by atoms with van der Waals surface area (Å²) in [6, 6.07) is 8.17. The molecule has 1 heterocycles.